The number of amides is 1. The summed E-state index contributed by atoms with van der Waals surface area (Å²) in [4.78, 5) is 19.4. The van der Waals surface area contributed by atoms with Crippen LogP contribution in [-0.2, 0) is 21.2 Å². The predicted octanol–water partition coefficient (Wildman–Crippen LogP) is 2.44. The number of hydrogen-bond acceptors (Lipinski definition) is 4. The first kappa shape index (κ1) is 18.9. The number of fused-ring (bicyclic) bond motifs is 1. The number of imidazole rings is 1. The van der Waals surface area contributed by atoms with E-state index in [2.05, 4.69) is 18.8 Å². The van der Waals surface area contributed by atoms with Crippen LogP contribution < -0.4 is 0 Å². The van der Waals surface area contributed by atoms with Crippen LogP contribution in [0, 0.1) is 5.92 Å². The number of piperidine rings is 1. The van der Waals surface area contributed by atoms with Crippen molar-refractivity contribution in [1.29, 1.82) is 0 Å². The number of rotatable bonds is 5. The first-order chi connectivity index (χ1) is 12.2. The van der Waals surface area contributed by atoms with Gasteiger partial charge >= 0.3 is 0 Å². The lowest BCUT2D eigenvalue weighted by Gasteiger charge is -2.32. The van der Waals surface area contributed by atoms with E-state index in [-0.39, 0.29) is 30.0 Å². The molecule has 0 radical (unpaired) electrons. The highest BCUT2D eigenvalue weighted by molar-refractivity contribution is 7.90. The lowest BCUT2D eigenvalue weighted by molar-refractivity contribution is -0.133. The quantitative estimate of drug-likeness (QED) is 0.802. The fourth-order valence-electron chi connectivity index (χ4n) is 3.79. The Kier molecular flexibility index (Phi) is 5.37. The highest BCUT2D eigenvalue weighted by Crippen LogP contribution is 2.23. The zero-order valence-electron chi connectivity index (χ0n) is 15.7. The van der Waals surface area contributed by atoms with Crippen LogP contribution in [0.1, 0.15) is 38.4 Å². The molecule has 2 heterocycles. The predicted molar refractivity (Wildman–Crippen MR) is 103 cm³/mol. The maximum absolute atomic E-state index is 12.9. The molecule has 142 valence electrons. The van der Waals surface area contributed by atoms with Crippen molar-refractivity contribution < 1.29 is 13.2 Å². The minimum absolute atomic E-state index is 0.0341. The SMILES string of the molecule is CC(C)c1nc2ccccc2n1CC(=O)N1CCC[C@H](CS(C)(=O)=O)C1. The van der Waals surface area contributed by atoms with Crippen LogP contribution in [0.4, 0.5) is 0 Å². The van der Waals surface area contributed by atoms with Crippen LogP contribution >= 0.6 is 0 Å². The number of sulfone groups is 1. The Morgan fingerprint density at radius 3 is 2.73 bits per heavy atom. The van der Waals surface area contributed by atoms with Gasteiger partial charge in [0, 0.05) is 25.3 Å². The van der Waals surface area contributed by atoms with Gasteiger partial charge in [-0.2, -0.15) is 0 Å². The second-order valence-electron chi connectivity index (χ2n) is 7.64. The van der Waals surface area contributed by atoms with Gasteiger partial charge in [-0.1, -0.05) is 26.0 Å². The molecule has 3 rings (SSSR count). The molecule has 1 aromatic carbocycles. The van der Waals surface area contributed by atoms with Crippen molar-refractivity contribution in [3.8, 4) is 0 Å². The summed E-state index contributed by atoms with van der Waals surface area (Å²) in [5.41, 5.74) is 1.87. The molecule has 0 spiro atoms. The molecule has 7 heteroatoms. The Hall–Kier alpha value is -1.89. The Labute approximate surface area is 155 Å². The average Bonchev–Trinajstić information content (AvgIpc) is 2.92. The summed E-state index contributed by atoms with van der Waals surface area (Å²) < 4.78 is 25.2. The highest BCUT2D eigenvalue weighted by atomic mass is 32.2. The first-order valence-corrected chi connectivity index (χ1v) is 11.2. The lowest BCUT2D eigenvalue weighted by atomic mass is 10.00. The molecule has 1 atom stereocenters. The van der Waals surface area contributed by atoms with Gasteiger partial charge in [-0.05, 0) is 30.9 Å². The second-order valence-corrected chi connectivity index (χ2v) is 9.82. The molecule has 2 aromatic rings. The molecule has 0 saturated carbocycles. The molecule has 0 aliphatic carbocycles. The van der Waals surface area contributed by atoms with Crippen molar-refractivity contribution in [2.45, 2.75) is 39.2 Å². The Bertz CT molecular complexity index is 902. The summed E-state index contributed by atoms with van der Waals surface area (Å²) in [6, 6.07) is 7.86. The Morgan fingerprint density at radius 2 is 2.04 bits per heavy atom. The van der Waals surface area contributed by atoms with Crippen molar-refractivity contribution >= 4 is 26.8 Å². The van der Waals surface area contributed by atoms with Gasteiger partial charge in [-0.3, -0.25) is 4.79 Å². The number of hydrogen-bond donors (Lipinski definition) is 0. The molecule has 0 bridgehead atoms. The number of aromatic nitrogens is 2. The van der Waals surface area contributed by atoms with E-state index in [0.717, 1.165) is 29.7 Å². The van der Waals surface area contributed by atoms with Crippen LogP contribution in [0.5, 0.6) is 0 Å². The molecule has 1 fully saturated rings. The van der Waals surface area contributed by atoms with E-state index < -0.39 is 9.84 Å². The number of carbonyl (C=O) groups excluding carboxylic acids is 1. The molecular formula is C19H27N3O3S. The third-order valence-electron chi connectivity index (χ3n) is 4.90. The third-order valence-corrected chi connectivity index (χ3v) is 5.98. The largest absolute Gasteiger partial charge is 0.341 e. The molecule has 6 nitrogen and oxygen atoms in total. The van der Waals surface area contributed by atoms with Gasteiger partial charge in [-0.25, -0.2) is 13.4 Å². The van der Waals surface area contributed by atoms with E-state index in [9.17, 15) is 13.2 Å². The normalized spacial score (nSPS) is 18.6. The molecule has 0 N–H and O–H groups in total. The summed E-state index contributed by atoms with van der Waals surface area (Å²) in [5.74, 6) is 1.35. The van der Waals surface area contributed by atoms with Crippen molar-refractivity contribution in [1.82, 2.24) is 14.5 Å². The molecule has 1 aliphatic rings. The lowest BCUT2D eigenvalue weighted by Crippen LogP contribution is -2.43. The van der Waals surface area contributed by atoms with E-state index in [1.54, 1.807) is 0 Å². The van der Waals surface area contributed by atoms with Gasteiger partial charge in [-0.15, -0.1) is 0 Å². The monoisotopic (exact) mass is 377 g/mol. The summed E-state index contributed by atoms with van der Waals surface area (Å²) in [5, 5.41) is 0. The number of benzene rings is 1. The van der Waals surface area contributed by atoms with Crippen LogP contribution in [0.15, 0.2) is 24.3 Å². The van der Waals surface area contributed by atoms with Crippen molar-refractivity contribution in [3.05, 3.63) is 30.1 Å². The standard InChI is InChI=1S/C19H27N3O3S/c1-14(2)19-20-16-8-4-5-9-17(16)22(19)12-18(23)21-10-6-7-15(11-21)13-26(3,24)25/h4-5,8-9,14-15H,6-7,10-13H2,1-3H3/t15-/m0/s1. The van der Waals surface area contributed by atoms with E-state index in [1.165, 1.54) is 6.26 Å². The third kappa shape index (κ3) is 4.26. The van der Waals surface area contributed by atoms with Gasteiger partial charge in [0.05, 0.1) is 16.8 Å². The number of carbonyl (C=O) groups is 1. The maximum atomic E-state index is 12.9. The van der Waals surface area contributed by atoms with E-state index >= 15 is 0 Å². The fourth-order valence-corrected chi connectivity index (χ4v) is 4.92. The molecule has 26 heavy (non-hydrogen) atoms. The van der Waals surface area contributed by atoms with Gasteiger partial charge in [0.1, 0.15) is 22.2 Å². The number of likely N-dealkylation sites (tertiary alicyclic amines) is 1. The van der Waals surface area contributed by atoms with Crippen LogP contribution in [0.3, 0.4) is 0 Å². The zero-order chi connectivity index (χ0) is 18.9. The Balaban J connectivity index is 1.79. The topological polar surface area (TPSA) is 72.3 Å². The van der Waals surface area contributed by atoms with E-state index in [1.807, 2.05) is 33.7 Å². The summed E-state index contributed by atoms with van der Waals surface area (Å²) in [6.45, 7) is 5.62. The average molecular weight is 378 g/mol. The van der Waals surface area contributed by atoms with E-state index in [4.69, 9.17) is 0 Å². The highest BCUT2D eigenvalue weighted by Gasteiger charge is 2.27. The molecule has 1 saturated heterocycles. The molecule has 1 amide bonds. The fraction of sp³-hybridized carbons (Fsp3) is 0.579. The molecule has 1 aliphatic heterocycles. The number of nitrogens with zero attached hydrogens (tertiary/aromatic N) is 3. The molecular weight excluding hydrogens is 350 g/mol. The minimum Gasteiger partial charge on any atom is -0.341 e. The second kappa shape index (κ2) is 7.39. The van der Waals surface area contributed by atoms with Gasteiger partial charge in [0.15, 0.2) is 0 Å². The number of para-hydroxylation sites is 2. The van der Waals surface area contributed by atoms with Crippen LogP contribution in [0.25, 0.3) is 11.0 Å². The van der Waals surface area contributed by atoms with Crippen molar-refractivity contribution in [2.24, 2.45) is 5.92 Å². The zero-order valence-corrected chi connectivity index (χ0v) is 16.5. The molecule has 1 aromatic heterocycles. The Morgan fingerprint density at radius 1 is 1.31 bits per heavy atom. The van der Waals surface area contributed by atoms with Crippen LogP contribution in [-0.4, -0.2) is 53.9 Å². The molecule has 0 unspecified atom stereocenters. The van der Waals surface area contributed by atoms with Gasteiger partial charge in [0.2, 0.25) is 5.91 Å². The van der Waals surface area contributed by atoms with Gasteiger partial charge < -0.3 is 9.47 Å². The van der Waals surface area contributed by atoms with Crippen LogP contribution in [0.2, 0.25) is 0 Å². The summed E-state index contributed by atoms with van der Waals surface area (Å²) >= 11 is 0. The minimum atomic E-state index is -3.02. The summed E-state index contributed by atoms with van der Waals surface area (Å²) in [6.07, 6.45) is 2.98. The first-order valence-electron chi connectivity index (χ1n) is 9.15. The van der Waals surface area contributed by atoms with Crippen molar-refractivity contribution in [3.63, 3.8) is 0 Å². The maximum Gasteiger partial charge on any atom is 0.242 e. The van der Waals surface area contributed by atoms with E-state index in [0.29, 0.717) is 13.1 Å². The smallest absolute Gasteiger partial charge is 0.242 e. The van der Waals surface area contributed by atoms with Gasteiger partial charge in [0.25, 0.3) is 0 Å². The van der Waals surface area contributed by atoms with Crippen molar-refractivity contribution in [2.75, 3.05) is 25.1 Å². The summed E-state index contributed by atoms with van der Waals surface area (Å²) in [7, 11) is -3.02.